The molecule has 1 aliphatic heterocycles. The van der Waals surface area contributed by atoms with Crippen LogP contribution in [0.25, 0.3) is 11.1 Å². The molecule has 7 heteroatoms. The highest BCUT2D eigenvalue weighted by molar-refractivity contribution is 7.88. The summed E-state index contributed by atoms with van der Waals surface area (Å²) in [6.45, 7) is 0.940. The zero-order valence-electron chi connectivity index (χ0n) is 17.2. The molecule has 1 aliphatic carbocycles. The van der Waals surface area contributed by atoms with Gasteiger partial charge in [0.25, 0.3) is 0 Å². The van der Waals surface area contributed by atoms with Crippen molar-refractivity contribution in [2.24, 2.45) is 5.92 Å². The molecule has 1 N–H and O–H groups in total. The molecule has 2 aromatic rings. The fraction of sp³-hybridized carbons (Fsp3) is 0.435. The lowest BCUT2D eigenvalue weighted by Crippen LogP contribution is -2.47. The number of likely N-dealkylation sites (tertiary alicyclic amines) is 1. The van der Waals surface area contributed by atoms with Gasteiger partial charge in [-0.2, -0.15) is 0 Å². The molecular weight excluding hydrogens is 400 g/mol. The van der Waals surface area contributed by atoms with E-state index >= 15 is 0 Å². The van der Waals surface area contributed by atoms with Crippen molar-refractivity contribution >= 4 is 16.1 Å². The highest BCUT2D eigenvalue weighted by Gasteiger charge is 2.39. The summed E-state index contributed by atoms with van der Waals surface area (Å²) in [4.78, 5) is 14.4. The number of amides is 1. The summed E-state index contributed by atoms with van der Waals surface area (Å²) in [5.74, 6) is 0.488. The number of nitrogens with one attached hydrogen (secondary N) is 1. The van der Waals surface area contributed by atoms with E-state index in [1.165, 1.54) is 0 Å². The Morgan fingerprint density at radius 3 is 2.50 bits per heavy atom. The van der Waals surface area contributed by atoms with Crippen molar-refractivity contribution in [1.29, 1.82) is 0 Å². The van der Waals surface area contributed by atoms with E-state index in [1.807, 2.05) is 30.3 Å². The van der Waals surface area contributed by atoms with Crippen LogP contribution in [0.5, 0.6) is 0 Å². The van der Waals surface area contributed by atoms with Gasteiger partial charge < -0.3 is 9.64 Å². The number of hydrogen-bond acceptors (Lipinski definition) is 4. The van der Waals surface area contributed by atoms with Crippen molar-refractivity contribution in [3.05, 3.63) is 60.2 Å². The number of sulfonamides is 1. The van der Waals surface area contributed by atoms with Gasteiger partial charge in [0.05, 0.1) is 18.9 Å². The van der Waals surface area contributed by atoms with Crippen LogP contribution in [0.3, 0.4) is 0 Å². The third-order valence-corrected chi connectivity index (χ3v) is 6.50. The van der Waals surface area contributed by atoms with Gasteiger partial charge in [0.15, 0.2) is 0 Å². The molecule has 30 heavy (non-hydrogen) atoms. The molecular formula is C23H28N2O4S. The van der Waals surface area contributed by atoms with Gasteiger partial charge in [-0.25, -0.2) is 17.9 Å². The molecule has 1 amide bonds. The van der Waals surface area contributed by atoms with E-state index in [0.717, 1.165) is 35.8 Å². The number of carbonyl (C=O) groups excluding carboxylic acids is 1. The van der Waals surface area contributed by atoms with Crippen LogP contribution in [-0.2, 0) is 21.2 Å². The monoisotopic (exact) mass is 428 g/mol. The van der Waals surface area contributed by atoms with Crippen molar-refractivity contribution < 1.29 is 17.9 Å². The van der Waals surface area contributed by atoms with E-state index in [2.05, 4.69) is 29.0 Å². The lowest BCUT2D eigenvalue weighted by atomic mass is 9.97. The SMILES string of the molecule is CS(=O)(=O)NC1CCN(C(=O)OCC2CC2)C1Cc1cccc(-c2ccccc2)c1. The van der Waals surface area contributed by atoms with Crippen molar-refractivity contribution in [3.63, 3.8) is 0 Å². The Labute approximate surface area is 178 Å². The Morgan fingerprint density at radius 2 is 1.80 bits per heavy atom. The first kappa shape index (κ1) is 20.9. The summed E-state index contributed by atoms with van der Waals surface area (Å²) in [6.07, 6.45) is 4.18. The second-order valence-corrected chi connectivity index (χ2v) is 10.1. The van der Waals surface area contributed by atoms with E-state index in [4.69, 9.17) is 4.74 Å². The minimum absolute atomic E-state index is 0.280. The van der Waals surface area contributed by atoms with E-state index in [1.54, 1.807) is 4.90 Å². The lowest BCUT2D eigenvalue weighted by Gasteiger charge is -2.28. The largest absolute Gasteiger partial charge is 0.449 e. The summed E-state index contributed by atoms with van der Waals surface area (Å²) in [7, 11) is -3.38. The van der Waals surface area contributed by atoms with Crippen LogP contribution in [0.1, 0.15) is 24.8 Å². The number of benzene rings is 2. The summed E-state index contributed by atoms with van der Waals surface area (Å²) in [5.41, 5.74) is 3.28. The predicted octanol–water partition coefficient (Wildman–Crippen LogP) is 3.43. The number of rotatable bonds is 7. The minimum atomic E-state index is -3.38. The first-order valence-electron chi connectivity index (χ1n) is 10.4. The zero-order chi connectivity index (χ0) is 21.1. The Balaban J connectivity index is 1.54. The van der Waals surface area contributed by atoms with E-state index < -0.39 is 10.0 Å². The third-order valence-electron chi connectivity index (χ3n) is 5.76. The number of carbonyl (C=O) groups is 1. The quantitative estimate of drug-likeness (QED) is 0.733. The maximum atomic E-state index is 12.7. The Bertz CT molecular complexity index is 989. The van der Waals surface area contributed by atoms with Crippen LogP contribution in [0, 0.1) is 5.92 Å². The molecule has 2 fully saturated rings. The van der Waals surface area contributed by atoms with Gasteiger partial charge in [-0.15, -0.1) is 0 Å². The molecule has 1 saturated carbocycles. The fourth-order valence-electron chi connectivity index (χ4n) is 4.05. The molecule has 2 aromatic carbocycles. The maximum Gasteiger partial charge on any atom is 0.410 e. The maximum absolute atomic E-state index is 12.7. The summed E-state index contributed by atoms with van der Waals surface area (Å²) < 4.78 is 32.0. The highest BCUT2D eigenvalue weighted by atomic mass is 32.2. The van der Waals surface area contributed by atoms with E-state index in [-0.39, 0.29) is 18.2 Å². The summed E-state index contributed by atoms with van der Waals surface area (Å²) in [6, 6.07) is 17.7. The second-order valence-electron chi connectivity index (χ2n) is 8.34. The molecule has 2 aliphatic rings. The van der Waals surface area contributed by atoms with Gasteiger partial charge in [-0.1, -0.05) is 54.6 Å². The topological polar surface area (TPSA) is 75.7 Å². The minimum Gasteiger partial charge on any atom is -0.449 e. The molecule has 6 nitrogen and oxygen atoms in total. The van der Waals surface area contributed by atoms with Crippen LogP contribution in [-0.4, -0.2) is 50.9 Å². The lowest BCUT2D eigenvalue weighted by molar-refractivity contribution is 0.0924. The normalized spacial score (nSPS) is 21.6. The van der Waals surface area contributed by atoms with Gasteiger partial charge in [0.1, 0.15) is 0 Å². The summed E-state index contributed by atoms with van der Waals surface area (Å²) in [5, 5.41) is 0. The van der Waals surface area contributed by atoms with E-state index in [9.17, 15) is 13.2 Å². The van der Waals surface area contributed by atoms with Crippen molar-refractivity contribution in [2.45, 2.75) is 37.8 Å². The average molecular weight is 429 g/mol. The van der Waals surface area contributed by atoms with Gasteiger partial charge in [-0.3, -0.25) is 0 Å². The predicted molar refractivity (Wildman–Crippen MR) is 117 cm³/mol. The molecule has 0 aromatic heterocycles. The first-order chi connectivity index (χ1) is 14.4. The summed E-state index contributed by atoms with van der Waals surface area (Å²) >= 11 is 0. The van der Waals surface area contributed by atoms with E-state index in [0.29, 0.717) is 31.9 Å². The van der Waals surface area contributed by atoms with Gasteiger partial charge in [-0.05, 0) is 48.3 Å². The van der Waals surface area contributed by atoms with Gasteiger partial charge in [0.2, 0.25) is 10.0 Å². The molecule has 0 radical (unpaired) electrons. The molecule has 4 rings (SSSR count). The van der Waals surface area contributed by atoms with Crippen molar-refractivity contribution in [1.82, 2.24) is 9.62 Å². The van der Waals surface area contributed by atoms with Crippen LogP contribution in [0.15, 0.2) is 54.6 Å². The third kappa shape index (κ3) is 5.40. The smallest absolute Gasteiger partial charge is 0.410 e. The molecule has 160 valence electrons. The second kappa shape index (κ2) is 8.78. The van der Waals surface area contributed by atoms with Gasteiger partial charge in [0, 0.05) is 12.6 Å². The molecule has 0 spiro atoms. The molecule has 1 saturated heterocycles. The van der Waals surface area contributed by atoms with Crippen LogP contribution in [0.4, 0.5) is 4.79 Å². The molecule has 2 atom stereocenters. The first-order valence-corrected chi connectivity index (χ1v) is 12.3. The van der Waals surface area contributed by atoms with Crippen molar-refractivity contribution in [2.75, 3.05) is 19.4 Å². The standard InChI is InChI=1S/C23H28N2O4S/c1-30(27,28)24-21-12-13-25(23(26)29-16-17-10-11-17)22(21)15-18-6-5-9-20(14-18)19-7-3-2-4-8-19/h2-9,14,17,21-22,24H,10-13,15-16H2,1H3. The highest BCUT2D eigenvalue weighted by Crippen LogP contribution is 2.30. The number of hydrogen-bond donors (Lipinski definition) is 1. The molecule has 1 heterocycles. The Hall–Kier alpha value is -2.38. The van der Waals surface area contributed by atoms with Crippen LogP contribution < -0.4 is 4.72 Å². The Morgan fingerprint density at radius 1 is 1.07 bits per heavy atom. The van der Waals surface area contributed by atoms with Gasteiger partial charge >= 0.3 is 6.09 Å². The fourth-order valence-corrected chi connectivity index (χ4v) is 4.88. The Kier molecular flexibility index (Phi) is 6.11. The number of ether oxygens (including phenoxy) is 1. The van der Waals surface area contributed by atoms with Crippen LogP contribution in [0.2, 0.25) is 0 Å². The number of nitrogens with zero attached hydrogens (tertiary/aromatic N) is 1. The molecule has 0 bridgehead atoms. The van der Waals surface area contributed by atoms with Crippen molar-refractivity contribution in [3.8, 4) is 11.1 Å². The average Bonchev–Trinajstić information content (AvgIpc) is 3.48. The molecule has 2 unspecified atom stereocenters. The van der Waals surface area contributed by atoms with Crippen LogP contribution >= 0.6 is 0 Å². The zero-order valence-corrected chi connectivity index (χ0v) is 18.0.